The van der Waals surface area contributed by atoms with Crippen molar-refractivity contribution in [1.29, 1.82) is 0 Å². The molecule has 0 spiro atoms. The van der Waals surface area contributed by atoms with Crippen molar-refractivity contribution in [3.05, 3.63) is 0 Å². The highest BCUT2D eigenvalue weighted by Crippen LogP contribution is 2.77. The zero-order chi connectivity index (χ0) is 13.9. The molecule has 0 nitrogen and oxygen atoms in total. The van der Waals surface area contributed by atoms with Gasteiger partial charge in [-0.15, -0.1) is 92.8 Å². The van der Waals surface area contributed by atoms with Gasteiger partial charge in [-0.3, -0.25) is 0 Å². The minimum Gasteiger partial charge on any atom is -0.126 e. The molecular weight excluding hydrogens is 404 g/mol. The summed E-state index contributed by atoms with van der Waals surface area (Å²) >= 11 is 50.4. The van der Waals surface area contributed by atoms with Crippen LogP contribution in [0, 0.1) is 16.7 Å². The lowest BCUT2D eigenvalue weighted by Gasteiger charge is -2.48. The molecule has 0 saturated heterocycles. The van der Waals surface area contributed by atoms with Crippen molar-refractivity contribution in [3.63, 3.8) is 0 Å². The molecule has 0 aromatic rings. The van der Waals surface area contributed by atoms with Crippen LogP contribution in [0.2, 0.25) is 0 Å². The Labute approximate surface area is 146 Å². The predicted molar refractivity (Wildman–Crippen MR) is 83.6 cm³/mol. The number of hydrogen-bond donors (Lipinski definition) is 0. The second kappa shape index (κ2) is 5.20. The molecule has 0 aliphatic heterocycles. The SMILES string of the molecule is ClCC1(C(Cl)Cl)C2CC(Cl)(Cl)C1(CCl)[C@H](Cl)[C@H]2Cl. The molecule has 0 N–H and O–H groups in total. The third-order valence-corrected chi connectivity index (χ3v) is 8.53. The van der Waals surface area contributed by atoms with E-state index >= 15 is 0 Å². The van der Waals surface area contributed by atoms with E-state index in [9.17, 15) is 0 Å². The largest absolute Gasteiger partial charge is 0.127 e. The Hall–Kier alpha value is 2.32. The van der Waals surface area contributed by atoms with E-state index in [4.69, 9.17) is 92.8 Å². The maximum Gasteiger partial charge on any atom is 0.127 e. The molecule has 2 rings (SSSR count). The highest BCUT2D eigenvalue weighted by molar-refractivity contribution is 6.52. The standard InChI is InChI=1S/C10H10Cl8/c11-2-8(7(15)16)4-1-10(17,18)9(8,3-12)6(14)5(4)13/h4-7H,1-3H2/t4?,5-,6+,8?,9?/m0/s1. The topological polar surface area (TPSA) is 0 Å². The van der Waals surface area contributed by atoms with Gasteiger partial charge < -0.3 is 0 Å². The molecule has 2 fully saturated rings. The lowest BCUT2D eigenvalue weighted by atomic mass is 9.69. The molecule has 0 heterocycles. The van der Waals surface area contributed by atoms with Crippen LogP contribution in [-0.4, -0.2) is 31.7 Å². The molecule has 0 radical (unpaired) electrons. The van der Waals surface area contributed by atoms with Crippen LogP contribution < -0.4 is 0 Å². The van der Waals surface area contributed by atoms with Crippen molar-refractivity contribution < 1.29 is 0 Å². The molecule has 106 valence electrons. The second-order valence-corrected chi connectivity index (χ2v) is 9.03. The van der Waals surface area contributed by atoms with E-state index in [1.807, 2.05) is 0 Å². The van der Waals surface area contributed by atoms with E-state index in [2.05, 4.69) is 0 Å². The lowest BCUT2D eigenvalue weighted by molar-refractivity contribution is 0.149. The van der Waals surface area contributed by atoms with Gasteiger partial charge in [-0.05, 0) is 12.3 Å². The fraction of sp³-hybridized carbons (Fsp3) is 1.00. The molecule has 2 aliphatic rings. The normalized spacial score (nSPS) is 50.2. The molecule has 0 aromatic carbocycles. The van der Waals surface area contributed by atoms with Gasteiger partial charge in [-0.1, -0.05) is 0 Å². The van der Waals surface area contributed by atoms with E-state index in [1.165, 1.54) is 0 Å². The molecule has 2 aliphatic carbocycles. The first kappa shape index (κ1) is 16.7. The minimum absolute atomic E-state index is 0.108. The Morgan fingerprint density at radius 1 is 1.06 bits per heavy atom. The highest BCUT2D eigenvalue weighted by Gasteiger charge is 2.81. The van der Waals surface area contributed by atoms with Crippen LogP contribution in [-0.2, 0) is 0 Å². The quantitative estimate of drug-likeness (QED) is 0.523. The minimum atomic E-state index is -1.13. The van der Waals surface area contributed by atoms with Crippen LogP contribution in [0.4, 0.5) is 0 Å². The van der Waals surface area contributed by atoms with E-state index in [-0.39, 0.29) is 23.1 Å². The average Bonchev–Trinajstić information content (AvgIpc) is 2.61. The first-order chi connectivity index (χ1) is 8.23. The number of alkyl halides is 8. The first-order valence-electron chi connectivity index (χ1n) is 5.29. The van der Waals surface area contributed by atoms with Crippen molar-refractivity contribution in [2.45, 2.75) is 26.3 Å². The fourth-order valence-electron chi connectivity index (χ4n) is 3.57. The summed E-state index contributed by atoms with van der Waals surface area (Å²) in [7, 11) is 0. The predicted octanol–water partition coefficient (Wildman–Crippen LogP) is 5.66. The third-order valence-electron chi connectivity index (χ3n) is 4.58. The summed E-state index contributed by atoms with van der Waals surface area (Å²) in [6, 6.07) is 0. The number of halogens is 8. The van der Waals surface area contributed by atoms with Crippen LogP contribution >= 0.6 is 92.8 Å². The molecule has 0 amide bonds. The van der Waals surface area contributed by atoms with E-state index in [0.29, 0.717) is 6.42 Å². The first-order valence-corrected chi connectivity index (χ1v) is 8.86. The zero-order valence-corrected chi connectivity index (χ0v) is 15.0. The van der Waals surface area contributed by atoms with Crippen LogP contribution in [0.15, 0.2) is 0 Å². The van der Waals surface area contributed by atoms with Gasteiger partial charge in [0.1, 0.15) is 9.17 Å². The van der Waals surface area contributed by atoms with Gasteiger partial charge in [-0.25, -0.2) is 0 Å². The lowest BCUT2D eigenvalue weighted by Crippen LogP contribution is -2.55. The van der Waals surface area contributed by atoms with Gasteiger partial charge >= 0.3 is 0 Å². The van der Waals surface area contributed by atoms with Gasteiger partial charge in [-0.2, -0.15) is 0 Å². The second-order valence-electron chi connectivity index (χ2n) is 4.94. The third kappa shape index (κ3) is 1.67. The Morgan fingerprint density at radius 3 is 1.94 bits per heavy atom. The maximum absolute atomic E-state index is 6.45. The van der Waals surface area contributed by atoms with Crippen LogP contribution in [0.1, 0.15) is 6.42 Å². The van der Waals surface area contributed by atoms with Gasteiger partial charge in [0.25, 0.3) is 0 Å². The smallest absolute Gasteiger partial charge is 0.126 e. The summed E-state index contributed by atoms with van der Waals surface area (Å²) in [5, 5.41) is -0.876. The summed E-state index contributed by atoms with van der Waals surface area (Å²) in [4.78, 5) is -0.789. The van der Waals surface area contributed by atoms with Gasteiger partial charge in [0, 0.05) is 22.6 Å². The molecule has 5 atom stereocenters. The molecular formula is C10H10Cl8. The van der Waals surface area contributed by atoms with Gasteiger partial charge in [0.15, 0.2) is 0 Å². The van der Waals surface area contributed by atoms with Crippen molar-refractivity contribution >= 4 is 92.8 Å². The highest BCUT2D eigenvalue weighted by atomic mass is 35.5. The number of rotatable bonds is 3. The van der Waals surface area contributed by atoms with E-state index in [0.717, 1.165) is 0 Å². The number of fused-ring (bicyclic) bond motifs is 2. The van der Waals surface area contributed by atoms with Crippen molar-refractivity contribution in [2.75, 3.05) is 11.8 Å². The number of hydrogen-bond acceptors (Lipinski definition) is 0. The maximum atomic E-state index is 6.45. The fourth-order valence-corrected chi connectivity index (χ4v) is 8.38. The Balaban J connectivity index is 2.68. The molecule has 18 heavy (non-hydrogen) atoms. The Bertz CT molecular complexity index is 345. The molecule has 2 bridgehead atoms. The summed E-state index contributed by atoms with van der Waals surface area (Å²) in [6.07, 6.45) is 0.433. The van der Waals surface area contributed by atoms with Crippen LogP contribution in [0.5, 0.6) is 0 Å². The van der Waals surface area contributed by atoms with Crippen molar-refractivity contribution in [1.82, 2.24) is 0 Å². The average molecular weight is 414 g/mol. The monoisotopic (exact) mass is 410 g/mol. The molecule has 0 aromatic heterocycles. The van der Waals surface area contributed by atoms with Crippen LogP contribution in [0.25, 0.3) is 0 Å². The van der Waals surface area contributed by atoms with Crippen molar-refractivity contribution in [2.24, 2.45) is 16.7 Å². The van der Waals surface area contributed by atoms with Gasteiger partial charge in [0.2, 0.25) is 0 Å². The van der Waals surface area contributed by atoms with Crippen molar-refractivity contribution in [3.8, 4) is 0 Å². The van der Waals surface area contributed by atoms with E-state index in [1.54, 1.807) is 0 Å². The zero-order valence-electron chi connectivity index (χ0n) is 8.95. The Kier molecular flexibility index (Phi) is 4.82. The summed E-state index contributed by atoms with van der Waals surface area (Å²) < 4.78 is -1.13. The summed E-state index contributed by atoms with van der Waals surface area (Å²) in [5.74, 6) is 0.111. The Morgan fingerprint density at radius 2 is 1.61 bits per heavy atom. The molecule has 2 saturated carbocycles. The van der Waals surface area contributed by atoms with Gasteiger partial charge in [0.05, 0.1) is 10.8 Å². The molecule has 3 unspecified atom stereocenters. The summed E-state index contributed by atoms with van der Waals surface area (Å²) in [5.41, 5.74) is -1.68. The summed E-state index contributed by atoms with van der Waals surface area (Å²) in [6.45, 7) is 0. The van der Waals surface area contributed by atoms with Crippen LogP contribution in [0.3, 0.4) is 0 Å². The molecule has 8 heteroatoms. The van der Waals surface area contributed by atoms with E-state index < -0.39 is 25.4 Å².